The van der Waals surface area contributed by atoms with Gasteiger partial charge in [-0.1, -0.05) is 12.1 Å². The molecule has 184 valence electrons. The van der Waals surface area contributed by atoms with Crippen LogP contribution in [0.5, 0.6) is 11.5 Å². The largest absolute Gasteiger partial charge is 0.497 e. The highest BCUT2D eigenvalue weighted by Gasteiger charge is 2.26. The summed E-state index contributed by atoms with van der Waals surface area (Å²) in [5.41, 5.74) is 10.6. The molecule has 0 bridgehead atoms. The van der Waals surface area contributed by atoms with Gasteiger partial charge in [-0.3, -0.25) is 9.59 Å². The van der Waals surface area contributed by atoms with E-state index in [1.807, 2.05) is 51.1 Å². The lowest BCUT2D eigenvalue weighted by molar-refractivity contribution is -0.130. The second-order valence-corrected chi connectivity index (χ2v) is 8.90. The van der Waals surface area contributed by atoms with Crippen molar-refractivity contribution in [1.29, 1.82) is 0 Å². The van der Waals surface area contributed by atoms with Crippen LogP contribution in [0, 0.1) is 12.8 Å². The molecule has 0 atom stereocenters. The number of fused-ring (bicyclic) bond motifs is 1. The number of piperidine rings is 1. The molecule has 4 rings (SSSR count). The number of aryl methyl sites for hydroxylation is 1. The highest BCUT2D eigenvalue weighted by atomic mass is 16.5. The smallest absolute Gasteiger partial charge is 0.246 e. The van der Waals surface area contributed by atoms with Gasteiger partial charge in [-0.15, -0.1) is 0 Å². The van der Waals surface area contributed by atoms with Crippen LogP contribution in [0.25, 0.3) is 27.7 Å². The molecule has 0 unspecified atom stereocenters. The number of furan rings is 1. The predicted molar refractivity (Wildman–Crippen MR) is 136 cm³/mol. The summed E-state index contributed by atoms with van der Waals surface area (Å²) >= 11 is 0. The molecule has 0 saturated carbocycles. The van der Waals surface area contributed by atoms with E-state index in [1.165, 1.54) is 0 Å². The molecule has 1 aliphatic rings. The number of ether oxygens (including phenoxy) is 2. The molecule has 3 aromatic rings. The average molecular weight is 477 g/mol. The lowest BCUT2D eigenvalue weighted by Crippen LogP contribution is -2.41. The van der Waals surface area contributed by atoms with Gasteiger partial charge in [-0.05, 0) is 62.9 Å². The Balaban J connectivity index is 1.73. The normalized spacial score (nSPS) is 14.9. The summed E-state index contributed by atoms with van der Waals surface area (Å²) in [4.78, 5) is 26.3. The van der Waals surface area contributed by atoms with Gasteiger partial charge < -0.3 is 24.5 Å². The van der Waals surface area contributed by atoms with E-state index in [9.17, 15) is 9.59 Å². The van der Waals surface area contributed by atoms with E-state index < -0.39 is 0 Å². The monoisotopic (exact) mass is 476 g/mol. The number of amides is 2. The summed E-state index contributed by atoms with van der Waals surface area (Å²) < 4.78 is 17.4. The highest BCUT2D eigenvalue weighted by molar-refractivity contribution is 6.01. The van der Waals surface area contributed by atoms with Crippen molar-refractivity contribution in [3.05, 3.63) is 53.8 Å². The number of carbonyl (C=O) groups excluding carboxylic acids is 2. The Morgan fingerprint density at radius 2 is 1.97 bits per heavy atom. The third-order valence-electron chi connectivity index (χ3n) is 6.69. The summed E-state index contributed by atoms with van der Waals surface area (Å²) in [5, 5.41) is 0.941. The molecule has 2 heterocycles. The van der Waals surface area contributed by atoms with Crippen LogP contribution >= 0.6 is 0 Å². The van der Waals surface area contributed by atoms with Crippen molar-refractivity contribution >= 4 is 28.4 Å². The summed E-state index contributed by atoms with van der Waals surface area (Å²) in [7, 11) is 1.64. The number of allylic oxidation sites excluding steroid dienone is 1. The molecule has 0 radical (unpaired) electrons. The molecular weight excluding hydrogens is 444 g/mol. The molecule has 1 saturated heterocycles. The fourth-order valence-electron chi connectivity index (χ4n) is 4.69. The molecule has 1 aliphatic heterocycles. The highest BCUT2D eigenvalue weighted by Crippen LogP contribution is 2.41. The number of carbonyl (C=O) groups is 2. The number of hydrogen-bond donors (Lipinski definition) is 1. The summed E-state index contributed by atoms with van der Waals surface area (Å²) in [6, 6.07) is 9.86. The zero-order valence-electron chi connectivity index (χ0n) is 20.7. The predicted octanol–water partition coefficient (Wildman–Crippen LogP) is 4.94. The molecule has 7 heteroatoms. The van der Waals surface area contributed by atoms with Crippen LogP contribution < -0.4 is 15.2 Å². The van der Waals surface area contributed by atoms with Crippen molar-refractivity contribution in [3.8, 4) is 22.6 Å². The minimum absolute atomic E-state index is 0.0779. The third-order valence-corrected chi connectivity index (χ3v) is 6.69. The van der Waals surface area contributed by atoms with Crippen molar-refractivity contribution in [2.24, 2.45) is 11.7 Å². The van der Waals surface area contributed by atoms with Gasteiger partial charge in [0, 0.05) is 47.2 Å². The molecule has 7 nitrogen and oxygen atoms in total. The van der Waals surface area contributed by atoms with Gasteiger partial charge in [-0.25, -0.2) is 0 Å². The molecule has 0 aliphatic carbocycles. The summed E-state index contributed by atoms with van der Waals surface area (Å²) in [5.74, 6) is 0.948. The molecule has 35 heavy (non-hydrogen) atoms. The SMILES string of the molecule is CCOc1c(/C(C)=C/C(=O)N2CCC(C(N)=O)CC2)cc2c(-c3cccc(OC)c3)coc2c1C. The molecular formula is C28H32N2O5. The summed E-state index contributed by atoms with van der Waals surface area (Å²) in [6.45, 7) is 7.36. The number of benzene rings is 2. The van der Waals surface area contributed by atoms with Crippen LogP contribution in [0.1, 0.15) is 37.8 Å². The van der Waals surface area contributed by atoms with Gasteiger partial charge in [0.15, 0.2) is 0 Å². The van der Waals surface area contributed by atoms with E-state index in [0.717, 1.165) is 44.5 Å². The van der Waals surface area contributed by atoms with E-state index in [1.54, 1.807) is 24.3 Å². The Labute approximate surface area is 205 Å². The molecule has 1 fully saturated rings. The van der Waals surface area contributed by atoms with Crippen LogP contribution in [-0.4, -0.2) is 43.5 Å². The molecule has 0 spiro atoms. The Morgan fingerprint density at radius 3 is 2.63 bits per heavy atom. The minimum atomic E-state index is -0.291. The second kappa shape index (κ2) is 10.3. The fraction of sp³-hybridized carbons (Fsp3) is 0.357. The number of rotatable bonds is 7. The molecule has 2 amide bonds. The van der Waals surface area contributed by atoms with Crippen molar-refractivity contribution in [2.45, 2.75) is 33.6 Å². The van der Waals surface area contributed by atoms with Crippen molar-refractivity contribution in [2.75, 3.05) is 26.8 Å². The zero-order valence-corrected chi connectivity index (χ0v) is 20.7. The first-order chi connectivity index (χ1) is 16.8. The Morgan fingerprint density at radius 1 is 1.23 bits per heavy atom. The first-order valence-corrected chi connectivity index (χ1v) is 11.9. The van der Waals surface area contributed by atoms with Gasteiger partial charge >= 0.3 is 0 Å². The first kappa shape index (κ1) is 24.4. The van der Waals surface area contributed by atoms with E-state index in [-0.39, 0.29) is 17.7 Å². The van der Waals surface area contributed by atoms with Crippen molar-refractivity contribution in [3.63, 3.8) is 0 Å². The lowest BCUT2D eigenvalue weighted by atomic mass is 9.95. The Hall–Kier alpha value is -3.74. The third kappa shape index (κ3) is 4.90. The maximum Gasteiger partial charge on any atom is 0.246 e. The lowest BCUT2D eigenvalue weighted by Gasteiger charge is -2.30. The van der Waals surface area contributed by atoms with Crippen molar-refractivity contribution in [1.82, 2.24) is 4.90 Å². The van der Waals surface area contributed by atoms with E-state index in [2.05, 4.69) is 0 Å². The quantitative estimate of drug-likeness (QED) is 0.487. The van der Waals surface area contributed by atoms with Gasteiger partial charge in [0.05, 0.1) is 20.0 Å². The second-order valence-electron chi connectivity index (χ2n) is 8.90. The topological polar surface area (TPSA) is 95.0 Å². The van der Waals surface area contributed by atoms with E-state index in [4.69, 9.17) is 19.6 Å². The zero-order chi connectivity index (χ0) is 25.1. The number of methoxy groups -OCH3 is 1. The van der Waals surface area contributed by atoms with Gasteiger partial charge in [0.1, 0.15) is 17.1 Å². The number of nitrogens with two attached hydrogens (primary N) is 1. The van der Waals surface area contributed by atoms with Crippen LogP contribution in [-0.2, 0) is 9.59 Å². The van der Waals surface area contributed by atoms with E-state index in [0.29, 0.717) is 38.3 Å². The van der Waals surface area contributed by atoms with E-state index >= 15 is 0 Å². The average Bonchev–Trinajstić information content (AvgIpc) is 3.30. The van der Waals surface area contributed by atoms with Crippen LogP contribution in [0.3, 0.4) is 0 Å². The van der Waals surface area contributed by atoms with Gasteiger partial charge in [-0.2, -0.15) is 0 Å². The number of primary amides is 1. The Kier molecular flexibility index (Phi) is 7.15. The Bertz CT molecular complexity index is 1280. The van der Waals surface area contributed by atoms with Gasteiger partial charge in [0.25, 0.3) is 0 Å². The first-order valence-electron chi connectivity index (χ1n) is 11.9. The van der Waals surface area contributed by atoms with Gasteiger partial charge in [0.2, 0.25) is 11.8 Å². The standard InChI is InChI=1S/C28H32N2O5/c1-5-34-26-18(3)27-23(24(16-35-27)20-7-6-8-21(14-20)33-4)15-22(26)17(2)13-25(31)30-11-9-19(10-12-30)28(29)32/h6-8,13-16,19H,5,9-12H2,1-4H3,(H2,29,32)/b17-13+. The molecule has 1 aromatic heterocycles. The number of likely N-dealkylation sites (tertiary alicyclic amines) is 1. The maximum atomic E-state index is 13.0. The molecule has 2 aromatic carbocycles. The fourth-order valence-corrected chi connectivity index (χ4v) is 4.69. The van der Waals surface area contributed by atoms with Crippen LogP contribution in [0.2, 0.25) is 0 Å². The number of hydrogen-bond acceptors (Lipinski definition) is 5. The van der Waals surface area contributed by atoms with Crippen molar-refractivity contribution < 1.29 is 23.5 Å². The number of nitrogens with zero attached hydrogens (tertiary/aromatic N) is 1. The van der Waals surface area contributed by atoms with Crippen LogP contribution in [0.15, 0.2) is 47.1 Å². The summed E-state index contributed by atoms with van der Waals surface area (Å²) in [6.07, 6.45) is 4.60. The molecule has 2 N–H and O–H groups in total. The minimum Gasteiger partial charge on any atom is -0.497 e. The van der Waals surface area contributed by atoms with Crippen LogP contribution in [0.4, 0.5) is 0 Å². The maximum absolute atomic E-state index is 13.0.